The molecular formula is C13H16F2N2O3. The third-order valence-electron chi connectivity index (χ3n) is 1.89. The van der Waals surface area contributed by atoms with E-state index in [1.54, 1.807) is 32.9 Å². The number of nitrogens with zero attached hydrogens (tertiary/aromatic N) is 1. The molecule has 0 aliphatic rings. The number of carbonyl (C=O) groups excluding carboxylic acids is 1. The topological polar surface area (TPSA) is 59.9 Å². The van der Waals surface area contributed by atoms with Gasteiger partial charge in [0.25, 0.3) is 0 Å². The molecular weight excluding hydrogens is 270 g/mol. The molecule has 1 N–H and O–H groups in total. The van der Waals surface area contributed by atoms with Crippen LogP contribution in [0.3, 0.4) is 0 Å². The van der Waals surface area contributed by atoms with Crippen LogP contribution in [0.5, 0.6) is 5.75 Å². The lowest BCUT2D eigenvalue weighted by Gasteiger charge is -2.18. The third-order valence-corrected chi connectivity index (χ3v) is 1.89. The van der Waals surface area contributed by atoms with Crippen molar-refractivity contribution in [3.8, 4) is 5.75 Å². The van der Waals surface area contributed by atoms with Gasteiger partial charge in [-0.05, 0) is 32.9 Å². The second-order valence-corrected chi connectivity index (χ2v) is 4.79. The van der Waals surface area contributed by atoms with Crippen LogP contribution in [0.2, 0.25) is 0 Å². The minimum atomic E-state index is -2.93. The molecule has 0 fully saturated rings. The van der Waals surface area contributed by atoms with Crippen LogP contribution in [0.15, 0.2) is 29.4 Å². The fraction of sp³-hybridized carbons (Fsp3) is 0.385. The third kappa shape index (κ3) is 6.12. The van der Waals surface area contributed by atoms with Gasteiger partial charge < -0.3 is 9.47 Å². The highest BCUT2D eigenvalue weighted by Gasteiger charge is 2.15. The fourth-order valence-electron chi connectivity index (χ4n) is 1.25. The van der Waals surface area contributed by atoms with Crippen molar-refractivity contribution in [1.29, 1.82) is 0 Å². The SMILES string of the molecule is CC(C)(C)OC(=O)N/N=C\c1ccccc1OC(F)F. The average Bonchev–Trinajstić information content (AvgIpc) is 2.28. The van der Waals surface area contributed by atoms with E-state index in [4.69, 9.17) is 4.74 Å². The number of halogens is 2. The number of rotatable bonds is 4. The number of hydrogen-bond acceptors (Lipinski definition) is 4. The molecule has 0 saturated heterocycles. The number of ether oxygens (including phenoxy) is 2. The van der Waals surface area contributed by atoms with Crippen molar-refractivity contribution in [3.05, 3.63) is 29.8 Å². The van der Waals surface area contributed by atoms with Gasteiger partial charge in [0, 0.05) is 5.56 Å². The van der Waals surface area contributed by atoms with E-state index in [1.165, 1.54) is 18.3 Å². The van der Waals surface area contributed by atoms with E-state index in [0.29, 0.717) is 5.56 Å². The van der Waals surface area contributed by atoms with Crippen LogP contribution in [-0.4, -0.2) is 24.5 Å². The van der Waals surface area contributed by atoms with Crippen molar-refractivity contribution in [3.63, 3.8) is 0 Å². The van der Waals surface area contributed by atoms with Gasteiger partial charge in [-0.15, -0.1) is 0 Å². The highest BCUT2D eigenvalue weighted by molar-refractivity contribution is 5.84. The van der Waals surface area contributed by atoms with Crippen molar-refractivity contribution in [2.24, 2.45) is 5.10 Å². The maximum absolute atomic E-state index is 12.2. The summed E-state index contributed by atoms with van der Waals surface area (Å²) in [5, 5.41) is 3.62. The monoisotopic (exact) mass is 286 g/mol. The summed E-state index contributed by atoms with van der Waals surface area (Å²) in [5.74, 6) is -0.0303. The number of alkyl halides is 2. The molecule has 0 bridgehead atoms. The molecule has 0 unspecified atom stereocenters. The molecule has 1 aromatic rings. The zero-order chi connectivity index (χ0) is 15.2. The lowest BCUT2D eigenvalue weighted by Crippen LogP contribution is -2.29. The maximum atomic E-state index is 12.2. The van der Waals surface area contributed by atoms with Crippen molar-refractivity contribution < 1.29 is 23.0 Å². The van der Waals surface area contributed by atoms with Crippen LogP contribution in [0, 0.1) is 0 Å². The summed E-state index contributed by atoms with van der Waals surface area (Å²) in [6.45, 7) is 2.20. The second kappa shape index (κ2) is 6.83. The summed E-state index contributed by atoms with van der Waals surface area (Å²) in [6.07, 6.45) is 0.461. The number of amides is 1. The zero-order valence-electron chi connectivity index (χ0n) is 11.4. The first-order chi connectivity index (χ1) is 9.28. The van der Waals surface area contributed by atoms with Gasteiger partial charge in [0.2, 0.25) is 0 Å². The Bertz CT molecular complexity index is 485. The molecule has 110 valence electrons. The number of benzene rings is 1. The van der Waals surface area contributed by atoms with Gasteiger partial charge in [0.1, 0.15) is 11.4 Å². The van der Waals surface area contributed by atoms with Gasteiger partial charge in [0.15, 0.2) is 0 Å². The highest BCUT2D eigenvalue weighted by atomic mass is 19.3. The number of hydrogen-bond donors (Lipinski definition) is 1. The molecule has 7 heteroatoms. The van der Waals surface area contributed by atoms with E-state index < -0.39 is 18.3 Å². The molecule has 1 rings (SSSR count). The fourth-order valence-corrected chi connectivity index (χ4v) is 1.25. The van der Waals surface area contributed by atoms with Crippen molar-refractivity contribution >= 4 is 12.3 Å². The Morgan fingerprint density at radius 2 is 2.00 bits per heavy atom. The molecule has 0 aliphatic heterocycles. The Kier molecular flexibility index (Phi) is 5.42. The molecule has 0 saturated carbocycles. The largest absolute Gasteiger partial charge is 0.443 e. The van der Waals surface area contributed by atoms with Crippen LogP contribution in [-0.2, 0) is 4.74 Å². The molecule has 5 nitrogen and oxygen atoms in total. The maximum Gasteiger partial charge on any atom is 0.428 e. The van der Waals surface area contributed by atoms with Gasteiger partial charge in [-0.25, -0.2) is 10.2 Å². The van der Waals surface area contributed by atoms with Crippen LogP contribution >= 0.6 is 0 Å². The number of para-hydroxylation sites is 1. The van der Waals surface area contributed by atoms with Gasteiger partial charge in [-0.1, -0.05) is 12.1 Å². The standard InChI is InChI=1S/C13H16F2N2O3/c1-13(2,3)20-12(18)17-16-8-9-6-4-5-7-10(9)19-11(14)15/h4-8,11H,1-3H3,(H,17,18)/b16-8-. The van der Waals surface area contributed by atoms with Crippen LogP contribution < -0.4 is 10.2 Å². The lowest BCUT2D eigenvalue weighted by molar-refractivity contribution is -0.0499. The lowest BCUT2D eigenvalue weighted by atomic mass is 10.2. The van der Waals surface area contributed by atoms with E-state index in [-0.39, 0.29) is 5.75 Å². The molecule has 1 amide bonds. The Morgan fingerprint density at radius 1 is 1.35 bits per heavy atom. The summed E-state index contributed by atoms with van der Waals surface area (Å²) in [4.78, 5) is 11.3. The predicted molar refractivity (Wildman–Crippen MR) is 70.0 cm³/mol. The predicted octanol–water partition coefficient (Wildman–Crippen LogP) is 3.15. The first-order valence-corrected chi connectivity index (χ1v) is 5.84. The van der Waals surface area contributed by atoms with Gasteiger partial charge in [-0.3, -0.25) is 0 Å². The Balaban J connectivity index is 2.64. The number of carbonyl (C=O) groups is 1. The molecule has 0 aliphatic carbocycles. The Morgan fingerprint density at radius 3 is 2.60 bits per heavy atom. The molecule has 0 atom stereocenters. The molecule has 0 radical (unpaired) electrons. The van der Waals surface area contributed by atoms with Crippen molar-refractivity contribution in [2.75, 3.05) is 0 Å². The van der Waals surface area contributed by atoms with Crippen LogP contribution in [0.25, 0.3) is 0 Å². The average molecular weight is 286 g/mol. The second-order valence-electron chi connectivity index (χ2n) is 4.79. The smallest absolute Gasteiger partial charge is 0.428 e. The van der Waals surface area contributed by atoms with E-state index in [2.05, 4.69) is 15.3 Å². The number of nitrogens with one attached hydrogen (secondary N) is 1. The van der Waals surface area contributed by atoms with Gasteiger partial charge in [-0.2, -0.15) is 13.9 Å². The zero-order valence-corrected chi connectivity index (χ0v) is 11.4. The summed E-state index contributed by atoms with van der Waals surface area (Å²) in [5.41, 5.74) is 1.80. The number of hydrazone groups is 1. The molecule has 0 heterocycles. The molecule has 0 spiro atoms. The van der Waals surface area contributed by atoms with Crippen LogP contribution in [0.1, 0.15) is 26.3 Å². The van der Waals surface area contributed by atoms with Crippen molar-refractivity contribution in [1.82, 2.24) is 5.43 Å². The summed E-state index contributed by atoms with van der Waals surface area (Å²) >= 11 is 0. The Hall–Kier alpha value is -2.18. The van der Waals surface area contributed by atoms with E-state index in [1.807, 2.05) is 0 Å². The summed E-state index contributed by atoms with van der Waals surface area (Å²) in [6, 6.07) is 6.09. The first kappa shape index (κ1) is 15.9. The highest BCUT2D eigenvalue weighted by Crippen LogP contribution is 2.18. The molecule has 20 heavy (non-hydrogen) atoms. The van der Waals surface area contributed by atoms with Crippen molar-refractivity contribution in [2.45, 2.75) is 33.0 Å². The van der Waals surface area contributed by atoms with E-state index in [9.17, 15) is 13.6 Å². The van der Waals surface area contributed by atoms with E-state index >= 15 is 0 Å². The molecule has 1 aromatic carbocycles. The Labute approximate surface area is 115 Å². The van der Waals surface area contributed by atoms with Gasteiger partial charge >= 0.3 is 12.7 Å². The summed E-state index contributed by atoms with van der Waals surface area (Å²) < 4.78 is 33.6. The van der Waals surface area contributed by atoms with Crippen LogP contribution in [0.4, 0.5) is 13.6 Å². The molecule has 0 aromatic heterocycles. The summed E-state index contributed by atoms with van der Waals surface area (Å²) in [7, 11) is 0. The normalized spacial score (nSPS) is 11.7. The van der Waals surface area contributed by atoms with E-state index in [0.717, 1.165) is 0 Å². The first-order valence-electron chi connectivity index (χ1n) is 5.84. The minimum absolute atomic E-state index is 0.0303. The van der Waals surface area contributed by atoms with Gasteiger partial charge in [0.05, 0.1) is 6.21 Å². The minimum Gasteiger partial charge on any atom is -0.443 e. The quantitative estimate of drug-likeness (QED) is 0.683.